The molecule has 0 radical (unpaired) electrons. The number of hydrogen-bond acceptors (Lipinski definition) is 6. The SMILES string of the molecule is CC(C)N1CCCN(C(C)C)CC1.CC(C)N1CCN(C(C)C)C1.CC(C)N1CCN(C(C)C)CC1. The quantitative estimate of drug-likeness (QED) is 0.516. The van der Waals surface area contributed by atoms with Crippen LogP contribution in [0.15, 0.2) is 0 Å². The Kier molecular flexibility index (Phi) is 16.3. The van der Waals surface area contributed by atoms with Gasteiger partial charge in [0.1, 0.15) is 0 Å². The normalized spacial score (nSPS) is 22.5. The first-order valence-electron chi connectivity index (χ1n) is 15.3. The van der Waals surface area contributed by atoms with Crippen LogP contribution in [-0.2, 0) is 0 Å². The second-order valence-corrected chi connectivity index (χ2v) is 12.8. The molecule has 0 N–H and O–H groups in total. The maximum Gasteiger partial charge on any atom is 0.0512 e. The topological polar surface area (TPSA) is 19.4 Å². The standard InChI is InChI=1S/C11H24N2.C10H22N2.C9H20N2/c1-10(2)12-6-5-7-13(9-8-12)11(3)4;1-9(2)11-5-7-12(8-6-11)10(3)4;1-8(2)10-5-6-11(7-10)9(3)4/h10-11H,5-9H2,1-4H3;9-10H,5-8H2,1-4H3;8-9H,5-7H2,1-4H3. The Morgan fingerprint density at radius 2 is 0.472 bits per heavy atom. The number of rotatable bonds is 6. The van der Waals surface area contributed by atoms with Crippen molar-refractivity contribution < 1.29 is 0 Å². The molecule has 0 spiro atoms. The van der Waals surface area contributed by atoms with E-state index in [9.17, 15) is 0 Å². The zero-order valence-corrected chi connectivity index (χ0v) is 26.6. The Morgan fingerprint density at radius 1 is 0.278 bits per heavy atom. The monoisotopic (exact) mass is 511 g/mol. The van der Waals surface area contributed by atoms with Crippen LogP contribution in [-0.4, -0.2) is 138 Å². The van der Waals surface area contributed by atoms with Crippen molar-refractivity contribution in [3.63, 3.8) is 0 Å². The van der Waals surface area contributed by atoms with Crippen LogP contribution in [0.1, 0.15) is 89.5 Å². The fourth-order valence-corrected chi connectivity index (χ4v) is 5.24. The van der Waals surface area contributed by atoms with Crippen LogP contribution in [0.5, 0.6) is 0 Å². The average Bonchev–Trinajstić information content (AvgIpc) is 3.18. The number of hydrogen-bond donors (Lipinski definition) is 0. The van der Waals surface area contributed by atoms with Gasteiger partial charge in [-0.2, -0.15) is 0 Å². The van der Waals surface area contributed by atoms with Gasteiger partial charge in [0.25, 0.3) is 0 Å². The lowest BCUT2D eigenvalue weighted by molar-refractivity contribution is 0.0887. The smallest absolute Gasteiger partial charge is 0.0512 e. The summed E-state index contributed by atoms with van der Waals surface area (Å²) in [6, 6.07) is 4.29. The van der Waals surface area contributed by atoms with Crippen molar-refractivity contribution in [2.24, 2.45) is 0 Å². The molecule has 3 saturated heterocycles. The molecule has 0 amide bonds. The summed E-state index contributed by atoms with van der Waals surface area (Å²) in [5, 5.41) is 0. The first kappa shape index (κ1) is 33.8. The molecule has 3 aliphatic heterocycles. The molecule has 0 atom stereocenters. The number of nitrogens with zero attached hydrogens (tertiary/aromatic N) is 6. The highest BCUT2D eigenvalue weighted by molar-refractivity contribution is 4.77. The van der Waals surface area contributed by atoms with Crippen molar-refractivity contribution in [3.8, 4) is 0 Å². The summed E-state index contributed by atoms with van der Waals surface area (Å²) in [4.78, 5) is 15.3. The van der Waals surface area contributed by atoms with Gasteiger partial charge in [-0.25, -0.2) is 0 Å². The summed E-state index contributed by atoms with van der Waals surface area (Å²) in [5.41, 5.74) is 0. The van der Waals surface area contributed by atoms with E-state index in [1.54, 1.807) is 0 Å². The predicted octanol–water partition coefficient (Wildman–Crippen LogP) is 4.61. The molecule has 0 saturated carbocycles. The van der Waals surface area contributed by atoms with Gasteiger partial charge in [0.15, 0.2) is 0 Å². The largest absolute Gasteiger partial charge is 0.300 e. The van der Waals surface area contributed by atoms with Crippen LogP contribution in [0.3, 0.4) is 0 Å². The molecule has 0 aliphatic carbocycles. The summed E-state index contributed by atoms with van der Waals surface area (Å²) < 4.78 is 0. The number of piperazine rings is 1. The molecule has 3 heterocycles. The minimum absolute atomic E-state index is 0.707. The zero-order chi connectivity index (χ0) is 27.4. The lowest BCUT2D eigenvalue weighted by atomic mass is 10.2. The van der Waals surface area contributed by atoms with Gasteiger partial charge < -0.3 is 0 Å². The van der Waals surface area contributed by atoms with Crippen LogP contribution in [0, 0.1) is 0 Å². The van der Waals surface area contributed by atoms with Gasteiger partial charge in [0.2, 0.25) is 0 Å². The van der Waals surface area contributed by atoms with E-state index in [4.69, 9.17) is 0 Å². The zero-order valence-electron chi connectivity index (χ0n) is 26.6. The maximum absolute atomic E-state index is 2.59. The molecule has 3 fully saturated rings. The van der Waals surface area contributed by atoms with Crippen molar-refractivity contribution in [3.05, 3.63) is 0 Å². The lowest BCUT2D eigenvalue weighted by Crippen LogP contribution is -2.50. The Labute approximate surface area is 227 Å². The molecule has 36 heavy (non-hydrogen) atoms. The van der Waals surface area contributed by atoms with Crippen molar-refractivity contribution in [1.82, 2.24) is 29.4 Å². The Balaban J connectivity index is 0.000000271. The third-order valence-corrected chi connectivity index (χ3v) is 8.33. The van der Waals surface area contributed by atoms with Crippen molar-refractivity contribution in [1.29, 1.82) is 0 Å². The van der Waals surface area contributed by atoms with Gasteiger partial charge in [-0.05, 0) is 103 Å². The molecule has 0 aromatic rings. The Hall–Kier alpha value is -0.240. The van der Waals surface area contributed by atoms with Crippen molar-refractivity contribution in [2.75, 3.05) is 72.1 Å². The Morgan fingerprint density at radius 3 is 0.667 bits per heavy atom. The molecular weight excluding hydrogens is 444 g/mol. The molecule has 3 aliphatic rings. The molecule has 6 heteroatoms. The van der Waals surface area contributed by atoms with E-state index in [0.29, 0.717) is 24.2 Å². The highest BCUT2D eigenvalue weighted by Gasteiger charge is 2.23. The van der Waals surface area contributed by atoms with Crippen LogP contribution >= 0.6 is 0 Å². The first-order valence-corrected chi connectivity index (χ1v) is 15.3. The molecule has 0 aromatic carbocycles. The van der Waals surface area contributed by atoms with Crippen molar-refractivity contribution >= 4 is 0 Å². The second kappa shape index (κ2) is 17.4. The van der Waals surface area contributed by atoms with E-state index < -0.39 is 0 Å². The van der Waals surface area contributed by atoms with E-state index in [2.05, 4.69) is 112 Å². The highest BCUT2D eigenvalue weighted by Crippen LogP contribution is 2.11. The van der Waals surface area contributed by atoms with E-state index in [1.165, 1.54) is 71.9 Å². The minimum atomic E-state index is 0.707. The van der Waals surface area contributed by atoms with Gasteiger partial charge in [0.05, 0.1) is 6.67 Å². The second-order valence-electron chi connectivity index (χ2n) is 12.8. The molecular formula is C30H66N6. The minimum Gasteiger partial charge on any atom is -0.300 e. The maximum atomic E-state index is 2.59. The van der Waals surface area contributed by atoms with E-state index in [0.717, 1.165) is 18.8 Å². The first-order chi connectivity index (χ1) is 16.8. The molecule has 0 bridgehead atoms. The van der Waals surface area contributed by atoms with Crippen LogP contribution in [0.25, 0.3) is 0 Å². The van der Waals surface area contributed by atoms with Gasteiger partial charge >= 0.3 is 0 Å². The summed E-state index contributed by atoms with van der Waals surface area (Å²) in [6.07, 6.45) is 1.33. The van der Waals surface area contributed by atoms with Crippen LogP contribution < -0.4 is 0 Å². The predicted molar refractivity (Wildman–Crippen MR) is 160 cm³/mol. The molecule has 3 rings (SSSR count). The summed E-state index contributed by atoms with van der Waals surface area (Å²) in [5.74, 6) is 0. The average molecular weight is 511 g/mol. The van der Waals surface area contributed by atoms with Gasteiger partial charge in [-0.1, -0.05) is 0 Å². The van der Waals surface area contributed by atoms with Crippen LogP contribution in [0.2, 0.25) is 0 Å². The van der Waals surface area contributed by atoms with Crippen LogP contribution in [0.4, 0.5) is 0 Å². The highest BCUT2D eigenvalue weighted by atomic mass is 15.4. The van der Waals surface area contributed by atoms with E-state index in [-0.39, 0.29) is 0 Å². The molecule has 0 aromatic heterocycles. The molecule has 6 nitrogen and oxygen atoms in total. The van der Waals surface area contributed by atoms with Crippen molar-refractivity contribution in [2.45, 2.75) is 126 Å². The van der Waals surface area contributed by atoms with E-state index in [1.807, 2.05) is 0 Å². The summed E-state index contributed by atoms with van der Waals surface area (Å²) in [6.45, 7) is 41.1. The third-order valence-electron chi connectivity index (χ3n) is 8.33. The fourth-order valence-electron chi connectivity index (χ4n) is 5.24. The van der Waals surface area contributed by atoms with Gasteiger partial charge in [0, 0.05) is 88.6 Å². The molecule has 0 unspecified atom stereocenters. The molecule has 216 valence electrons. The summed E-state index contributed by atoms with van der Waals surface area (Å²) >= 11 is 0. The lowest BCUT2D eigenvalue weighted by Gasteiger charge is -2.38. The van der Waals surface area contributed by atoms with Gasteiger partial charge in [-0.3, -0.25) is 29.4 Å². The summed E-state index contributed by atoms with van der Waals surface area (Å²) in [7, 11) is 0. The fraction of sp³-hybridized carbons (Fsp3) is 1.00. The Bertz CT molecular complexity index is 494. The third kappa shape index (κ3) is 12.5. The van der Waals surface area contributed by atoms with E-state index >= 15 is 0 Å². The van der Waals surface area contributed by atoms with Gasteiger partial charge in [-0.15, -0.1) is 0 Å².